The van der Waals surface area contributed by atoms with Gasteiger partial charge in [-0.15, -0.1) is 0 Å². The number of nitro benzene ring substituents is 1. The van der Waals surface area contributed by atoms with E-state index in [2.05, 4.69) is 6.07 Å². The quantitative estimate of drug-likeness (QED) is 0.323. The highest BCUT2D eigenvalue weighted by Crippen LogP contribution is 2.37. The Morgan fingerprint density at radius 1 is 1.36 bits per heavy atom. The average molecular weight is 359 g/mol. The van der Waals surface area contributed by atoms with Gasteiger partial charge in [0.1, 0.15) is 0 Å². The molecule has 128 valence electrons. The lowest BCUT2D eigenvalue weighted by molar-refractivity contribution is -0.384. The molecule has 0 spiro atoms. The van der Waals surface area contributed by atoms with Gasteiger partial charge in [-0.2, -0.15) is 5.26 Å². The van der Waals surface area contributed by atoms with E-state index in [0.717, 1.165) is 0 Å². The molecule has 0 atom stereocenters. The highest BCUT2D eigenvalue weighted by atomic mass is 35.5. The van der Waals surface area contributed by atoms with Gasteiger partial charge in [0.05, 0.1) is 35.3 Å². The number of benzene rings is 2. The fraction of sp³-hybridized carbons (Fsp3) is 0.167. The second-order valence-corrected chi connectivity index (χ2v) is 5.35. The first-order chi connectivity index (χ1) is 12.0. The minimum absolute atomic E-state index is 0.0354. The van der Waals surface area contributed by atoms with Crippen molar-refractivity contribution in [1.82, 2.24) is 0 Å². The van der Waals surface area contributed by atoms with Crippen molar-refractivity contribution in [2.75, 3.05) is 13.7 Å². The maximum Gasteiger partial charge on any atom is 0.269 e. The summed E-state index contributed by atoms with van der Waals surface area (Å²) in [5, 5.41) is 20.5. The van der Waals surface area contributed by atoms with Gasteiger partial charge < -0.3 is 9.47 Å². The van der Waals surface area contributed by atoms with E-state index in [4.69, 9.17) is 21.1 Å². The number of hydrogen-bond donors (Lipinski definition) is 0. The molecule has 2 aromatic carbocycles. The molecule has 0 radical (unpaired) electrons. The number of halogens is 1. The number of rotatable bonds is 6. The van der Waals surface area contributed by atoms with Gasteiger partial charge in [-0.1, -0.05) is 11.6 Å². The van der Waals surface area contributed by atoms with E-state index in [1.54, 1.807) is 18.2 Å². The minimum atomic E-state index is -0.489. The molecular weight excluding hydrogens is 344 g/mol. The zero-order valence-electron chi connectivity index (χ0n) is 13.7. The van der Waals surface area contributed by atoms with Crippen LogP contribution < -0.4 is 9.47 Å². The Labute approximate surface area is 150 Å². The third kappa shape index (κ3) is 4.28. The van der Waals surface area contributed by atoms with E-state index in [0.29, 0.717) is 39.8 Å². The number of methoxy groups -OCH3 is 1. The largest absolute Gasteiger partial charge is 0.493 e. The van der Waals surface area contributed by atoms with Crippen LogP contribution in [0.1, 0.15) is 18.1 Å². The molecule has 2 aromatic rings. The molecule has 0 N–H and O–H groups in total. The molecule has 0 aromatic heterocycles. The van der Waals surface area contributed by atoms with Gasteiger partial charge >= 0.3 is 0 Å². The number of non-ortho nitro benzene ring substituents is 1. The number of allylic oxidation sites excluding steroid dienone is 1. The minimum Gasteiger partial charge on any atom is -0.493 e. The number of nitro groups is 1. The number of hydrogen-bond acceptors (Lipinski definition) is 5. The first kappa shape index (κ1) is 18.3. The van der Waals surface area contributed by atoms with Gasteiger partial charge in [0.25, 0.3) is 5.69 Å². The van der Waals surface area contributed by atoms with Crippen LogP contribution in [0.3, 0.4) is 0 Å². The predicted octanol–water partition coefficient (Wildman–Crippen LogP) is 4.72. The van der Waals surface area contributed by atoms with Crippen LogP contribution in [-0.4, -0.2) is 18.6 Å². The van der Waals surface area contributed by atoms with E-state index in [-0.39, 0.29) is 5.69 Å². The van der Waals surface area contributed by atoms with E-state index >= 15 is 0 Å². The number of nitrogens with zero attached hydrogens (tertiary/aromatic N) is 2. The zero-order chi connectivity index (χ0) is 18.4. The van der Waals surface area contributed by atoms with E-state index in [1.807, 2.05) is 6.92 Å². The van der Waals surface area contributed by atoms with Crippen LogP contribution >= 0.6 is 11.6 Å². The van der Waals surface area contributed by atoms with Crippen molar-refractivity contribution in [3.05, 3.63) is 62.7 Å². The van der Waals surface area contributed by atoms with Crippen LogP contribution in [0.4, 0.5) is 5.69 Å². The maximum atomic E-state index is 10.7. The summed E-state index contributed by atoms with van der Waals surface area (Å²) in [5.74, 6) is 0.902. The van der Waals surface area contributed by atoms with Crippen LogP contribution in [0.5, 0.6) is 11.5 Å². The maximum absolute atomic E-state index is 10.7. The second kappa shape index (κ2) is 8.18. The molecule has 6 nitrogen and oxygen atoms in total. The molecule has 0 unspecified atom stereocenters. The summed E-state index contributed by atoms with van der Waals surface area (Å²) in [5.41, 5.74) is 1.53. The van der Waals surface area contributed by atoms with Gasteiger partial charge in [0.15, 0.2) is 11.5 Å². The summed E-state index contributed by atoms with van der Waals surface area (Å²) in [7, 11) is 1.50. The third-order valence-corrected chi connectivity index (χ3v) is 3.64. The van der Waals surface area contributed by atoms with Crippen LogP contribution in [0.25, 0.3) is 11.6 Å². The van der Waals surface area contributed by atoms with Crippen LogP contribution in [-0.2, 0) is 0 Å². The lowest BCUT2D eigenvalue weighted by Gasteiger charge is -2.12. The lowest BCUT2D eigenvalue weighted by Crippen LogP contribution is -1.97. The van der Waals surface area contributed by atoms with Crippen LogP contribution in [0, 0.1) is 21.4 Å². The Morgan fingerprint density at radius 2 is 2.04 bits per heavy atom. The number of nitriles is 1. The number of ether oxygens (including phenoxy) is 2. The highest BCUT2D eigenvalue weighted by Gasteiger charge is 2.12. The normalized spacial score (nSPS) is 10.9. The average Bonchev–Trinajstić information content (AvgIpc) is 2.61. The van der Waals surface area contributed by atoms with Gasteiger partial charge in [-0.25, -0.2) is 0 Å². The Bertz CT molecular complexity index is 855. The van der Waals surface area contributed by atoms with Crippen molar-refractivity contribution in [1.29, 1.82) is 5.26 Å². The Kier molecular flexibility index (Phi) is 5.98. The fourth-order valence-electron chi connectivity index (χ4n) is 2.22. The van der Waals surface area contributed by atoms with Gasteiger partial charge in [-0.3, -0.25) is 10.1 Å². The summed E-state index contributed by atoms with van der Waals surface area (Å²) in [4.78, 5) is 10.2. The Hall–Kier alpha value is -3.04. The molecule has 25 heavy (non-hydrogen) atoms. The van der Waals surface area contributed by atoms with E-state index in [9.17, 15) is 15.4 Å². The molecule has 0 aliphatic rings. The van der Waals surface area contributed by atoms with Crippen molar-refractivity contribution in [2.45, 2.75) is 6.92 Å². The molecule has 2 rings (SSSR count). The third-order valence-electron chi connectivity index (χ3n) is 3.36. The molecular formula is C18H15ClN2O4. The predicted molar refractivity (Wildman–Crippen MR) is 95.8 cm³/mol. The summed E-state index contributed by atoms with van der Waals surface area (Å²) in [6.07, 6.45) is 1.63. The van der Waals surface area contributed by atoms with Gasteiger partial charge in [-0.05, 0) is 48.4 Å². The van der Waals surface area contributed by atoms with E-state index < -0.39 is 4.92 Å². The second-order valence-electron chi connectivity index (χ2n) is 4.94. The standard InChI is InChI=1S/C18H15ClN2O4/c1-3-25-18-16(19)9-12(10-17(18)24-2)8-14(11-20)13-4-6-15(7-5-13)21(22)23/h4-10H,3H2,1-2H3/b14-8-. The molecule has 0 amide bonds. The molecule has 0 fully saturated rings. The molecule has 0 heterocycles. The topological polar surface area (TPSA) is 85.4 Å². The summed E-state index contributed by atoms with van der Waals surface area (Å²) in [6, 6.07) is 11.2. The molecule has 0 saturated heterocycles. The van der Waals surface area contributed by atoms with Crippen molar-refractivity contribution in [3.8, 4) is 17.6 Å². The monoisotopic (exact) mass is 358 g/mol. The summed E-state index contributed by atoms with van der Waals surface area (Å²) >= 11 is 6.23. The molecule has 7 heteroatoms. The fourth-order valence-corrected chi connectivity index (χ4v) is 2.49. The van der Waals surface area contributed by atoms with Crippen molar-refractivity contribution >= 4 is 28.9 Å². The molecule has 0 saturated carbocycles. The van der Waals surface area contributed by atoms with Crippen molar-refractivity contribution in [3.63, 3.8) is 0 Å². The molecule has 0 aliphatic heterocycles. The Morgan fingerprint density at radius 3 is 2.56 bits per heavy atom. The van der Waals surface area contributed by atoms with Crippen LogP contribution in [0.2, 0.25) is 5.02 Å². The smallest absolute Gasteiger partial charge is 0.269 e. The van der Waals surface area contributed by atoms with Crippen molar-refractivity contribution in [2.24, 2.45) is 0 Å². The first-order valence-corrected chi connectivity index (χ1v) is 7.75. The van der Waals surface area contributed by atoms with Crippen LogP contribution in [0.15, 0.2) is 36.4 Å². The SMILES string of the molecule is CCOc1c(Cl)cc(/C=C(/C#N)c2ccc([N+](=O)[O-])cc2)cc1OC. The molecule has 0 bridgehead atoms. The van der Waals surface area contributed by atoms with E-state index in [1.165, 1.54) is 31.4 Å². The summed E-state index contributed by atoms with van der Waals surface area (Å²) < 4.78 is 10.7. The lowest BCUT2D eigenvalue weighted by atomic mass is 10.0. The van der Waals surface area contributed by atoms with Crippen molar-refractivity contribution < 1.29 is 14.4 Å². The Balaban J connectivity index is 2.44. The van der Waals surface area contributed by atoms with Gasteiger partial charge in [0, 0.05) is 12.1 Å². The highest BCUT2D eigenvalue weighted by molar-refractivity contribution is 6.32. The first-order valence-electron chi connectivity index (χ1n) is 7.37. The molecule has 0 aliphatic carbocycles. The zero-order valence-corrected chi connectivity index (χ0v) is 14.4. The van der Waals surface area contributed by atoms with Gasteiger partial charge in [0.2, 0.25) is 0 Å². The summed E-state index contributed by atoms with van der Waals surface area (Å²) in [6.45, 7) is 2.28.